The molecule has 0 saturated carbocycles. The van der Waals surface area contributed by atoms with Crippen molar-refractivity contribution in [1.82, 2.24) is 14.5 Å². The van der Waals surface area contributed by atoms with Crippen molar-refractivity contribution in [2.24, 2.45) is 0 Å². The fraction of sp³-hybridized carbons (Fsp3) is 0.423. The van der Waals surface area contributed by atoms with Gasteiger partial charge in [0.25, 0.3) is 5.56 Å². The normalized spacial score (nSPS) is 19.8. The molecule has 4 rings (SSSR count). The number of thioether (sulfide) groups is 1. The molecule has 1 amide bonds. The quantitative estimate of drug-likeness (QED) is 0.405. The van der Waals surface area contributed by atoms with E-state index in [2.05, 4.69) is 13.8 Å². The lowest BCUT2D eigenvalue weighted by Gasteiger charge is -2.40. The third-order valence-electron chi connectivity index (χ3n) is 6.37. The average Bonchev–Trinajstić information content (AvgIpc) is 2.77. The van der Waals surface area contributed by atoms with Crippen LogP contribution in [0.25, 0.3) is 10.9 Å². The number of likely N-dealkylation sites (tertiary alicyclic amines) is 1. The van der Waals surface area contributed by atoms with Crippen molar-refractivity contribution < 1.29 is 4.79 Å². The van der Waals surface area contributed by atoms with Gasteiger partial charge in [0.15, 0.2) is 5.16 Å². The van der Waals surface area contributed by atoms with E-state index < -0.39 is 0 Å². The molecular weight excluding hydrogens is 418 g/mol. The number of para-hydroxylation sites is 1. The molecule has 1 aliphatic rings. The first kappa shape index (κ1) is 22.6. The van der Waals surface area contributed by atoms with Gasteiger partial charge in [-0.15, -0.1) is 0 Å². The molecule has 1 aliphatic heterocycles. The topological polar surface area (TPSA) is 55.2 Å². The molecule has 2 heterocycles. The Morgan fingerprint density at radius 1 is 1.09 bits per heavy atom. The van der Waals surface area contributed by atoms with Crippen LogP contribution in [0, 0.1) is 6.92 Å². The van der Waals surface area contributed by atoms with Gasteiger partial charge in [-0.25, -0.2) is 4.98 Å². The fourth-order valence-electron chi connectivity index (χ4n) is 4.53. The number of carbonyl (C=O) groups excluding carboxylic acids is 1. The minimum Gasteiger partial charge on any atom is -0.336 e. The van der Waals surface area contributed by atoms with Crippen LogP contribution in [0.5, 0.6) is 0 Å². The average molecular weight is 450 g/mol. The van der Waals surface area contributed by atoms with Gasteiger partial charge < -0.3 is 4.90 Å². The molecule has 0 radical (unpaired) electrons. The van der Waals surface area contributed by atoms with E-state index in [9.17, 15) is 9.59 Å². The summed E-state index contributed by atoms with van der Waals surface area (Å²) >= 11 is 1.39. The van der Waals surface area contributed by atoms with E-state index in [1.165, 1.54) is 17.3 Å². The van der Waals surface area contributed by atoms with Crippen LogP contribution < -0.4 is 5.56 Å². The van der Waals surface area contributed by atoms with Crippen LogP contribution >= 0.6 is 11.8 Å². The second kappa shape index (κ2) is 9.49. The van der Waals surface area contributed by atoms with Crippen LogP contribution in [0.15, 0.2) is 58.5 Å². The summed E-state index contributed by atoms with van der Waals surface area (Å²) < 4.78 is 1.71. The maximum absolute atomic E-state index is 13.4. The van der Waals surface area contributed by atoms with Gasteiger partial charge in [0.2, 0.25) is 5.91 Å². The number of carbonyl (C=O) groups is 1. The Morgan fingerprint density at radius 2 is 1.75 bits per heavy atom. The number of hydrogen-bond donors (Lipinski definition) is 0. The Balaban J connectivity index is 1.69. The largest absolute Gasteiger partial charge is 0.336 e. The SMILES string of the molecule is Cc1ccc(Cn2c(S[C@@H](C)C(=O)N3[C@@H](C)CCC[C@@H]3C)nc3ccccc3c2=O)cc1. The number of hydrogen-bond acceptors (Lipinski definition) is 4. The maximum Gasteiger partial charge on any atom is 0.262 e. The molecule has 1 fully saturated rings. The van der Waals surface area contributed by atoms with Gasteiger partial charge in [-0.3, -0.25) is 14.2 Å². The van der Waals surface area contributed by atoms with Crippen LogP contribution in [0.4, 0.5) is 0 Å². The molecule has 1 aromatic heterocycles. The Bertz CT molecular complexity index is 1160. The smallest absolute Gasteiger partial charge is 0.262 e. The molecule has 1 saturated heterocycles. The zero-order valence-corrected chi connectivity index (χ0v) is 20.1. The van der Waals surface area contributed by atoms with E-state index in [0.717, 1.165) is 24.8 Å². The molecule has 2 aromatic carbocycles. The van der Waals surface area contributed by atoms with Crippen molar-refractivity contribution in [2.45, 2.75) is 76.0 Å². The van der Waals surface area contributed by atoms with E-state index >= 15 is 0 Å². The van der Waals surface area contributed by atoms with Gasteiger partial charge in [-0.1, -0.05) is 53.7 Å². The first-order valence-electron chi connectivity index (χ1n) is 11.4. The molecule has 5 nitrogen and oxygen atoms in total. The lowest BCUT2D eigenvalue weighted by molar-refractivity contribution is -0.136. The Labute approximate surface area is 193 Å². The van der Waals surface area contributed by atoms with Gasteiger partial charge in [-0.05, 0) is 64.7 Å². The second-order valence-electron chi connectivity index (χ2n) is 8.92. The highest BCUT2D eigenvalue weighted by atomic mass is 32.2. The van der Waals surface area contributed by atoms with Crippen LogP contribution in [0.2, 0.25) is 0 Å². The van der Waals surface area contributed by atoms with Gasteiger partial charge in [0.05, 0.1) is 22.7 Å². The Hall–Kier alpha value is -2.60. The number of fused-ring (bicyclic) bond motifs is 1. The molecule has 0 spiro atoms. The van der Waals surface area contributed by atoms with E-state index in [1.54, 1.807) is 4.57 Å². The molecule has 0 unspecified atom stereocenters. The molecule has 3 atom stereocenters. The van der Waals surface area contributed by atoms with Crippen LogP contribution in [-0.4, -0.2) is 37.7 Å². The predicted molar refractivity (Wildman–Crippen MR) is 131 cm³/mol. The summed E-state index contributed by atoms with van der Waals surface area (Å²) in [5, 5.41) is 0.865. The van der Waals surface area contributed by atoms with Gasteiger partial charge in [0, 0.05) is 12.1 Å². The number of rotatable bonds is 5. The second-order valence-corrected chi connectivity index (χ2v) is 10.2. The number of aryl methyl sites for hydroxylation is 1. The van der Waals surface area contributed by atoms with E-state index in [4.69, 9.17) is 4.98 Å². The van der Waals surface area contributed by atoms with Crippen molar-refractivity contribution in [3.8, 4) is 0 Å². The van der Waals surface area contributed by atoms with Crippen molar-refractivity contribution in [3.05, 3.63) is 70.0 Å². The number of amides is 1. The van der Waals surface area contributed by atoms with Crippen molar-refractivity contribution in [2.75, 3.05) is 0 Å². The number of nitrogens with zero attached hydrogens (tertiary/aromatic N) is 3. The zero-order valence-electron chi connectivity index (χ0n) is 19.2. The maximum atomic E-state index is 13.4. The Morgan fingerprint density at radius 3 is 2.44 bits per heavy atom. The van der Waals surface area contributed by atoms with E-state index in [1.807, 2.05) is 67.3 Å². The molecule has 168 valence electrons. The van der Waals surface area contributed by atoms with Crippen molar-refractivity contribution in [1.29, 1.82) is 0 Å². The Kier molecular flexibility index (Phi) is 6.70. The minimum atomic E-state index is -0.324. The van der Waals surface area contributed by atoms with Gasteiger partial charge in [0.1, 0.15) is 0 Å². The highest BCUT2D eigenvalue weighted by Crippen LogP contribution is 2.29. The monoisotopic (exact) mass is 449 g/mol. The summed E-state index contributed by atoms with van der Waals surface area (Å²) in [4.78, 5) is 33.6. The van der Waals surface area contributed by atoms with Crippen LogP contribution in [0.3, 0.4) is 0 Å². The summed E-state index contributed by atoms with van der Waals surface area (Å²) in [5.41, 5.74) is 2.81. The van der Waals surface area contributed by atoms with Crippen LogP contribution in [0.1, 0.15) is 51.2 Å². The zero-order chi connectivity index (χ0) is 22.8. The van der Waals surface area contributed by atoms with E-state index in [0.29, 0.717) is 22.6 Å². The summed E-state index contributed by atoms with van der Waals surface area (Å²) in [6.07, 6.45) is 3.25. The molecule has 32 heavy (non-hydrogen) atoms. The molecular formula is C26H31N3O2S. The third kappa shape index (κ3) is 4.60. The minimum absolute atomic E-state index is 0.0713. The molecule has 0 aliphatic carbocycles. The molecule has 0 N–H and O–H groups in total. The standard InChI is InChI=1S/C26H31N3O2S/c1-17-12-14-21(15-13-17)16-28-25(31)22-10-5-6-11-23(22)27-26(28)32-20(4)24(30)29-18(2)8-7-9-19(29)3/h5-6,10-15,18-20H,7-9,16H2,1-4H3/t18-,19-,20-/m0/s1. The van der Waals surface area contributed by atoms with Crippen molar-refractivity contribution in [3.63, 3.8) is 0 Å². The van der Waals surface area contributed by atoms with Crippen molar-refractivity contribution >= 4 is 28.6 Å². The van der Waals surface area contributed by atoms with E-state index in [-0.39, 0.29) is 28.8 Å². The number of aromatic nitrogens is 2. The summed E-state index contributed by atoms with van der Waals surface area (Å²) in [6, 6.07) is 16.1. The lowest BCUT2D eigenvalue weighted by atomic mass is 9.97. The summed E-state index contributed by atoms with van der Waals surface area (Å²) in [7, 11) is 0. The number of piperidine rings is 1. The predicted octanol–water partition coefficient (Wildman–Crippen LogP) is 5.02. The van der Waals surface area contributed by atoms with Gasteiger partial charge >= 0.3 is 0 Å². The summed E-state index contributed by atoms with van der Waals surface area (Å²) in [5.74, 6) is 0.124. The van der Waals surface area contributed by atoms with Crippen LogP contribution in [-0.2, 0) is 11.3 Å². The molecule has 6 heteroatoms. The highest BCUT2D eigenvalue weighted by Gasteiger charge is 2.32. The first-order chi connectivity index (χ1) is 15.3. The molecule has 3 aromatic rings. The first-order valence-corrected chi connectivity index (χ1v) is 12.3. The third-order valence-corrected chi connectivity index (χ3v) is 7.44. The summed E-state index contributed by atoms with van der Waals surface area (Å²) in [6.45, 7) is 8.67. The number of benzene rings is 2. The fourth-order valence-corrected chi connectivity index (χ4v) is 5.49. The lowest BCUT2D eigenvalue weighted by Crippen LogP contribution is -2.50. The highest BCUT2D eigenvalue weighted by molar-refractivity contribution is 8.00. The van der Waals surface area contributed by atoms with Gasteiger partial charge in [-0.2, -0.15) is 0 Å². The molecule has 0 bridgehead atoms.